The van der Waals surface area contributed by atoms with Crippen LogP contribution in [0.3, 0.4) is 0 Å². The van der Waals surface area contributed by atoms with E-state index in [2.05, 4.69) is 16.7 Å². The Morgan fingerprint density at radius 1 is 1.22 bits per heavy atom. The van der Waals surface area contributed by atoms with Crippen molar-refractivity contribution in [1.82, 2.24) is 15.8 Å². The summed E-state index contributed by atoms with van der Waals surface area (Å²) in [5.74, 6) is 4.23. The molecule has 1 heterocycles. The second kappa shape index (κ2) is 8.60. The van der Waals surface area contributed by atoms with E-state index < -0.39 is 0 Å². The summed E-state index contributed by atoms with van der Waals surface area (Å²) in [6.45, 7) is 2.33. The SMILES string of the molecule is C#CCOC(CN1CNCN1)c1cc(OC)c(OC)c(OC)c1. The minimum atomic E-state index is -0.229. The zero-order valence-electron chi connectivity index (χ0n) is 13.7. The van der Waals surface area contributed by atoms with Crippen LogP contribution in [0.4, 0.5) is 0 Å². The third-order valence-corrected chi connectivity index (χ3v) is 3.54. The van der Waals surface area contributed by atoms with Crippen molar-refractivity contribution in [3.8, 4) is 29.6 Å². The molecule has 1 fully saturated rings. The lowest BCUT2D eigenvalue weighted by Crippen LogP contribution is -2.35. The Bertz CT molecular complexity index is 528. The van der Waals surface area contributed by atoms with E-state index >= 15 is 0 Å². The maximum absolute atomic E-state index is 5.81. The summed E-state index contributed by atoms with van der Waals surface area (Å²) < 4.78 is 22.0. The predicted molar refractivity (Wildman–Crippen MR) is 86.3 cm³/mol. The number of methoxy groups -OCH3 is 3. The monoisotopic (exact) mass is 321 g/mol. The van der Waals surface area contributed by atoms with Crippen molar-refractivity contribution in [2.24, 2.45) is 0 Å². The molecule has 7 nitrogen and oxygen atoms in total. The van der Waals surface area contributed by atoms with Crippen molar-refractivity contribution in [3.63, 3.8) is 0 Å². The number of nitrogens with one attached hydrogen (secondary N) is 2. The van der Waals surface area contributed by atoms with Gasteiger partial charge in [0.2, 0.25) is 5.75 Å². The molecule has 0 saturated carbocycles. The minimum Gasteiger partial charge on any atom is -0.493 e. The Balaban J connectivity index is 2.30. The molecule has 1 unspecified atom stereocenters. The molecule has 2 N–H and O–H groups in total. The molecular formula is C16H23N3O4. The fraction of sp³-hybridized carbons (Fsp3) is 0.500. The highest BCUT2D eigenvalue weighted by molar-refractivity contribution is 5.54. The van der Waals surface area contributed by atoms with Crippen molar-refractivity contribution in [3.05, 3.63) is 17.7 Å². The van der Waals surface area contributed by atoms with Gasteiger partial charge in [-0.05, 0) is 17.7 Å². The predicted octanol–water partition coefficient (Wildman–Crippen LogP) is 0.728. The van der Waals surface area contributed by atoms with Gasteiger partial charge in [0.15, 0.2) is 11.5 Å². The first-order valence-electron chi connectivity index (χ1n) is 7.27. The first-order chi connectivity index (χ1) is 11.2. The van der Waals surface area contributed by atoms with Gasteiger partial charge < -0.3 is 18.9 Å². The summed E-state index contributed by atoms with van der Waals surface area (Å²) in [5, 5.41) is 5.23. The normalized spacial score (nSPS) is 15.9. The molecule has 0 bridgehead atoms. The van der Waals surface area contributed by atoms with Gasteiger partial charge in [0.1, 0.15) is 6.61 Å². The molecule has 2 rings (SSSR count). The summed E-state index contributed by atoms with van der Waals surface area (Å²) in [6, 6.07) is 3.76. The van der Waals surface area contributed by atoms with Crippen LogP contribution in [0.1, 0.15) is 11.7 Å². The molecule has 7 heteroatoms. The zero-order valence-corrected chi connectivity index (χ0v) is 13.7. The Morgan fingerprint density at radius 3 is 2.39 bits per heavy atom. The number of terminal acetylenes is 1. The third-order valence-electron chi connectivity index (χ3n) is 3.54. The summed E-state index contributed by atoms with van der Waals surface area (Å²) in [7, 11) is 4.75. The Hall–Kier alpha value is -1.98. The summed E-state index contributed by atoms with van der Waals surface area (Å²) in [4.78, 5) is 0. The maximum atomic E-state index is 5.81. The molecule has 1 saturated heterocycles. The number of rotatable bonds is 8. The molecule has 1 aliphatic heterocycles. The first-order valence-corrected chi connectivity index (χ1v) is 7.27. The third kappa shape index (κ3) is 4.27. The number of hydrazine groups is 1. The lowest BCUT2D eigenvalue weighted by Gasteiger charge is -2.24. The second-order valence-electron chi connectivity index (χ2n) is 4.93. The summed E-state index contributed by atoms with van der Waals surface area (Å²) >= 11 is 0. The van der Waals surface area contributed by atoms with Gasteiger partial charge in [-0.25, -0.2) is 10.4 Å². The largest absolute Gasteiger partial charge is 0.493 e. The lowest BCUT2D eigenvalue weighted by atomic mass is 10.1. The van der Waals surface area contributed by atoms with Crippen LogP contribution in [-0.4, -0.2) is 52.8 Å². The second-order valence-corrected chi connectivity index (χ2v) is 4.93. The van der Waals surface area contributed by atoms with Crippen LogP contribution in [0.15, 0.2) is 12.1 Å². The van der Waals surface area contributed by atoms with E-state index in [1.165, 1.54) is 0 Å². The molecule has 126 valence electrons. The van der Waals surface area contributed by atoms with Crippen LogP contribution in [0.25, 0.3) is 0 Å². The summed E-state index contributed by atoms with van der Waals surface area (Å²) in [5.41, 5.74) is 4.12. The maximum Gasteiger partial charge on any atom is 0.203 e. The van der Waals surface area contributed by atoms with Crippen LogP contribution in [0, 0.1) is 12.3 Å². The average molecular weight is 321 g/mol. The van der Waals surface area contributed by atoms with E-state index in [1.54, 1.807) is 21.3 Å². The van der Waals surface area contributed by atoms with E-state index in [0.717, 1.165) is 18.9 Å². The highest BCUT2D eigenvalue weighted by Crippen LogP contribution is 2.40. The van der Waals surface area contributed by atoms with E-state index in [9.17, 15) is 0 Å². The molecule has 1 aromatic rings. The highest BCUT2D eigenvalue weighted by atomic mass is 16.5. The standard InChI is InChI=1S/C16H23N3O4/c1-5-6-23-15(9-19-11-17-10-18-19)12-7-13(20-2)16(22-4)14(8-12)21-3/h1,7-8,15,17-18H,6,9-11H2,2-4H3. The van der Waals surface area contributed by atoms with Gasteiger partial charge >= 0.3 is 0 Å². The number of hydrogen-bond acceptors (Lipinski definition) is 7. The van der Waals surface area contributed by atoms with E-state index in [0.29, 0.717) is 23.8 Å². The molecular weight excluding hydrogens is 298 g/mol. The fourth-order valence-corrected chi connectivity index (χ4v) is 2.43. The Morgan fingerprint density at radius 2 is 1.91 bits per heavy atom. The smallest absolute Gasteiger partial charge is 0.203 e. The van der Waals surface area contributed by atoms with Crippen molar-refractivity contribution >= 4 is 0 Å². The number of hydrogen-bond donors (Lipinski definition) is 2. The van der Waals surface area contributed by atoms with Crippen LogP contribution >= 0.6 is 0 Å². The van der Waals surface area contributed by atoms with Gasteiger partial charge in [0.25, 0.3) is 0 Å². The van der Waals surface area contributed by atoms with E-state index in [4.69, 9.17) is 25.4 Å². The van der Waals surface area contributed by atoms with Gasteiger partial charge in [-0.1, -0.05) is 5.92 Å². The molecule has 1 atom stereocenters. The number of nitrogens with zero attached hydrogens (tertiary/aromatic N) is 1. The van der Waals surface area contributed by atoms with Gasteiger partial charge in [0.05, 0.1) is 40.8 Å². The molecule has 23 heavy (non-hydrogen) atoms. The average Bonchev–Trinajstić information content (AvgIpc) is 3.10. The van der Waals surface area contributed by atoms with Gasteiger partial charge in [0, 0.05) is 6.54 Å². The zero-order chi connectivity index (χ0) is 16.7. The topological polar surface area (TPSA) is 64.2 Å². The van der Waals surface area contributed by atoms with Crippen molar-refractivity contribution < 1.29 is 18.9 Å². The highest BCUT2D eigenvalue weighted by Gasteiger charge is 2.22. The number of benzene rings is 1. The van der Waals surface area contributed by atoms with Crippen LogP contribution in [-0.2, 0) is 4.74 Å². The Kier molecular flexibility index (Phi) is 6.50. The summed E-state index contributed by atoms with van der Waals surface area (Å²) in [6.07, 6.45) is 5.11. The minimum absolute atomic E-state index is 0.225. The first kappa shape index (κ1) is 17.4. The quantitative estimate of drug-likeness (QED) is 0.684. The van der Waals surface area contributed by atoms with Gasteiger partial charge in [-0.3, -0.25) is 5.32 Å². The van der Waals surface area contributed by atoms with Crippen molar-refractivity contribution in [1.29, 1.82) is 0 Å². The van der Waals surface area contributed by atoms with Crippen LogP contribution in [0.5, 0.6) is 17.2 Å². The Labute approximate surface area is 136 Å². The molecule has 0 radical (unpaired) electrons. The van der Waals surface area contributed by atoms with Gasteiger partial charge in [-0.15, -0.1) is 6.42 Å². The van der Waals surface area contributed by atoms with E-state index in [-0.39, 0.29) is 12.7 Å². The van der Waals surface area contributed by atoms with Crippen LogP contribution in [0.2, 0.25) is 0 Å². The number of ether oxygens (including phenoxy) is 4. The molecule has 1 aliphatic rings. The van der Waals surface area contributed by atoms with Crippen LogP contribution < -0.4 is 25.0 Å². The van der Waals surface area contributed by atoms with Gasteiger partial charge in [-0.2, -0.15) is 0 Å². The molecule has 0 amide bonds. The van der Waals surface area contributed by atoms with E-state index in [1.807, 2.05) is 17.1 Å². The molecule has 1 aromatic carbocycles. The van der Waals surface area contributed by atoms with Crippen molar-refractivity contribution in [2.45, 2.75) is 6.10 Å². The molecule has 0 spiro atoms. The molecule has 0 aliphatic carbocycles. The lowest BCUT2D eigenvalue weighted by molar-refractivity contribution is 0.0382. The molecule has 0 aromatic heterocycles. The fourth-order valence-electron chi connectivity index (χ4n) is 2.43. The van der Waals surface area contributed by atoms with Crippen molar-refractivity contribution in [2.75, 3.05) is 47.8 Å².